The molecule has 21 heavy (non-hydrogen) atoms. The first-order valence-corrected chi connectivity index (χ1v) is 7.64. The molecule has 2 saturated heterocycles. The maximum atomic E-state index is 12.6. The molecule has 7 heteroatoms. The van der Waals surface area contributed by atoms with E-state index in [4.69, 9.17) is 9.84 Å². The Morgan fingerprint density at radius 2 is 1.90 bits per heavy atom. The molecular weight excluding hydrogens is 274 g/mol. The summed E-state index contributed by atoms with van der Waals surface area (Å²) in [5, 5.41) is 9.04. The molecule has 0 aromatic heterocycles. The van der Waals surface area contributed by atoms with Crippen molar-refractivity contribution in [2.75, 3.05) is 45.9 Å². The SMILES string of the molecule is CCC1COCCN1C(=O)N1CCN(C(C)C(=O)O)CC1. The number of carboxylic acid groups (broad SMARTS) is 1. The number of hydrogen-bond donors (Lipinski definition) is 1. The van der Waals surface area contributed by atoms with Gasteiger partial charge in [0.2, 0.25) is 0 Å². The van der Waals surface area contributed by atoms with Crippen LogP contribution >= 0.6 is 0 Å². The topological polar surface area (TPSA) is 73.3 Å². The van der Waals surface area contributed by atoms with Crippen molar-refractivity contribution in [1.29, 1.82) is 0 Å². The summed E-state index contributed by atoms with van der Waals surface area (Å²) in [6.45, 7) is 8.00. The Balaban J connectivity index is 1.89. The number of morpholine rings is 1. The fraction of sp³-hybridized carbons (Fsp3) is 0.857. The minimum absolute atomic E-state index is 0.0628. The Labute approximate surface area is 125 Å². The van der Waals surface area contributed by atoms with Crippen LogP contribution in [0.4, 0.5) is 4.79 Å². The van der Waals surface area contributed by atoms with Crippen LogP contribution in [0.25, 0.3) is 0 Å². The molecule has 0 aromatic rings. The van der Waals surface area contributed by atoms with Gasteiger partial charge < -0.3 is 19.6 Å². The highest BCUT2D eigenvalue weighted by molar-refractivity contribution is 5.75. The monoisotopic (exact) mass is 299 g/mol. The standard InChI is InChI=1S/C14H25N3O4/c1-3-12-10-21-9-8-17(12)14(20)16-6-4-15(5-7-16)11(2)13(18)19/h11-12H,3-10H2,1-2H3,(H,18,19). The van der Waals surface area contributed by atoms with Gasteiger partial charge in [0.05, 0.1) is 19.3 Å². The fourth-order valence-corrected chi connectivity index (χ4v) is 2.88. The summed E-state index contributed by atoms with van der Waals surface area (Å²) in [7, 11) is 0. The van der Waals surface area contributed by atoms with Crippen LogP contribution in [0.1, 0.15) is 20.3 Å². The zero-order chi connectivity index (χ0) is 15.4. The number of nitrogens with zero attached hydrogens (tertiary/aromatic N) is 3. The molecule has 2 unspecified atom stereocenters. The normalized spacial score (nSPS) is 25.7. The molecule has 0 aromatic carbocycles. The molecule has 7 nitrogen and oxygen atoms in total. The van der Waals surface area contributed by atoms with E-state index in [0.717, 1.165) is 6.42 Å². The average molecular weight is 299 g/mol. The van der Waals surface area contributed by atoms with E-state index in [0.29, 0.717) is 45.9 Å². The quantitative estimate of drug-likeness (QED) is 0.812. The zero-order valence-corrected chi connectivity index (χ0v) is 12.8. The molecule has 2 fully saturated rings. The number of urea groups is 1. The minimum Gasteiger partial charge on any atom is -0.480 e. The predicted octanol–water partition coefficient (Wildman–Crippen LogP) is 0.308. The van der Waals surface area contributed by atoms with Crippen molar-refractivity contribution in [3.8, 4) is 0 Å². The van der Waals surface area contributed by atoms with E-state index in [1.807, 2.05) is 14.7 Å². The van der Waals surface area contributed by atoms with Crippen molar-refractivity contribution in [2.45, 2.75) is 32.4 Å². The van der Waals surface area contributed by atoms with E-state index in [2.05, 4.69) is 6.92 Å². The largest absolute Gasteiger partial charge is 0.480 e. The summed E-state index contributed by atoms with van der Waals surface area (Å²) < 4.78 is 5.43. The lowest BCUT2D eigenvalue weighted by Crippen LogP contribution is -2.59. The number of aliphatic carboxylic acids is 1. The van der Waals surface area contributed by atoms with Crippen LogP contribution in [0.15, 0.2) is 0 Å². The minimum atomic E-state index is -0.811. The van der Waals surface area contributed by atoms with Crippen molar-refractivity contribution in [3.63, 3.8) is 0 Å². The molecule has 2 atom stereocenters. The third-order valence-corrected chi connectivity index (χ3v) is 4.43. The number of carbonyl (C=O) groups is 2. The van der Waals surface area contributed by atoms with E-state index in [1.54, 1.807) is 6.92 Å². The highest BCUT2D eigenvalue weighted by atomic mass is 16.5. The smallest absolute Gasteiger partial charge is 0.320 e. The van der Waals surface area contributed by atoms with Crippen LogP contribution in [-0.2, 0) is 9.53 Å². The molecule has 0 radical (unpaired) electrons. The van der Waals surface area contributed by atoms with Crippen LogP contribution in [0.5, 0.6) is 0 Å². The molecule has 0 aliphatic carbocycles. The number of piperazine rings is 1. The van der Waals surface area contributed by atoms with E-state index < -0.39 is 12.0 Å². The molecule has 2 aliphatic heterocycles. The number of hydrogen-bond acceptors (Lipinski definition) is 4. The van der Waals surface area contributed by atoms with Crippen LogP contribution in [-0.4, -0.2) is 89.8 Å². The fourth-order valence-electron chi connectivity index (χ4n) is 2.88. The molecule has 0 spiro atoms. The Bertz CT molecular complexity index is 382. The van der Waals surface area contributed by atoms with E-state index >= 15 is 0 Å². The van der Waals surface area contributed by atoms with Gasteiger partial charge in [-0.2, -0.15) is 0 Å². The first-order chi connectivity index (χ1) is 10.0. The van der Waals surface area contributed by atoms with Crippen molar-refractivity contribution in [1.82, 2.24) is 14.7 Å². The lowest BCUT2D eigenvalue weighted by atomic mass is 10.2. The predicted molar refractivity (Wildman–Crippen MR) is 77.2 cm³/mol. The van der Waals surface area contributed by atoms with Crippen molar-refractivity contribution >= 4 is 12.0 Å². The van der Waals surface area contributed by atoms with Gasteiger partial charge in [-0.3, -0.25) is 9.69 Å². The Hall–Kier alpha value is -1.34. The zero-order valence-electron chi connectivity index (χ0n) is 12.8. The summed E-state index contributed by atoms with van der Waals surface area (Å²) in [6.07, 6.45) is 0.891. The summed E-state index contributed by atoms with van der Waals surface area (Å²) in [5.41, 5.74) is 0. The second-order valence-corrected chi connectivity index (χ2v) is 5.65. The Morgan fingerprint density at radius 1 is 1.24 bits per heavy atom. The van der Waals surface area contributed by atoms with Crippen molar-refractivity contribution in [2.24, 2.45) is 0 Å². The van der Waals surface area contributed by atoms with Gasteiger partial charge in [-0.15, -0.1) is 0 Å². The van der Waals surface area contributed by atoms with Gasteiger partial charge >= 0.3 is 12.0 Å². The molecule has 2 aliphatic rings. The van der Waals surface area contributed by atoms with Gasteiger partial charge in [-0.25, -0.2) is 4.79 Å². The Kier molecular flexibility index (Phi) is 5.41. The van der Waals surface area contributed by atoms with Gasteiger partial charge in [0.25, 0.3) is 0 Å². The molecule has 2 rings (SSSR count). The van der Waals surface area contributed by atoms with Gasteiger partial charge in [0.1, 0.15) is 6.04 Å². The van der Waals surface area contributed by atoms with Gasteiger partial charge in [-0.05, 0) is 13.3 Å². The van der Waals surface area contributed by atoms with Crippen molar-refractivity contribution in [3.05, 3.63) is 0 Å². The van der Waals surface area contributed by atoms with E-state index in [-0.39, 0.29) is 12.1 Å². The van der Waals surface area contributed by atoms with E-state index in [1.165, 1.54) is 0 Å². The molecule has 2 heterocycles. The number of carboxylic acids is 1. The maximum absolute atomic E-state index is 12.6. The van der Waals surface area contributed by atoms with Gasteiger partial charge in [-0.1, -0.05) is 6.92 Å². The Morgan fingerprint density at radius 3 is 2.48 bits per heavy atom. The van der Waals surface area contributed by atoms with Crippen LogP contribution < -0.4 is 0 Å². The van der Waals surface area contributed by atoms with E-state index in [9.17, 15) is 9.59 Å². The second-order valence-electron chi connectivity index (χ2n) is 5.65. The molecular formula is C14H25N3O4. The third kappa shape index (κ3) is 3.65. The van der Waals surface area contributed by atoms with Crippen molar-refractivity contribution < 1.29 is 19.4 Å². The summed E-state index contributed by atoms with van der Waals surface area (Å²) in [5.74, 6) is -0.811. The molecule has 0 saturated carbocycles. The second kappa shape index (κ2) is 7.09. The van der Waals surface area contributed by atoms with Gasteiger partial charge in [0.15, 0.2) is 0 Å². The summed E-state index contributed by atoms with van der Waals surface area (Å²) >= 11 is 0. The van der Waals surface area contributed by atoms with Crippen LogP contribution in [0, 0.1) is 0 Å². The van der Waals surface area contributed by atoms with Crippen LogP contribution in [0.3, 0.4) is 0 Å². The number of carbonyl (C=O) groups excluding carboxylic acids is 1. The lowest BCUT2D eigenvalue weighted by Gasteiger charge is -2.42. The third-order valence-electron chi connectivity index (χ3n) is 4.43. The van der Waals surface area contributed by atoms with Gasteiger partial charge in [0, 0.05) is 32.7 Å². The number of amides is 2. The lowest BCUT2D eigenvalue weighted by molar-refractivity contribution is -0.143. The molecule has 1 N–H and O–H groups in total. The molecule has 0 bridgehead atoms. The first-order valence-electron chi connectivity index (χ1n) is 7.64. The highest BCUT2D eigenvalue weighted by Crippen LogP contribution is 2.15. The maximum Gasteiger partial charge on any atom is 0.320 e. The molecule has 2 amide bonds. The molecule has 120 valence electrons. The summed E-state index contributed by atoms with van der Waals surface area (Å²) in [4.78, 5) is 29.2. The highest BCUT2D eigenvalue weighted by Gasteiger charge is 2.32. The number of ether oxygens (including phenoxy) is 1. The van der Waals surface area contributed by atoms with Crippen LogP contribution in [0.2, 0.25) is 0 Å². The average Bonchev–Trinajstić information content (AvgIpc) is 2.53. The first kappa shape index (κ1) is 16.0. The summed E-state index contributed by atoms with van der Waals surface area (Å²) in [6, 6.07) is -0.274. The number of rotatable bonds is 3.